The van der Waals surface area contributed by atoms with Gasteiger partial charge in [0.1, 0.15) is 5.01 Å². The van der Waals surface area contributed by atoms with Crippen LogP contribution in [-0.4, -0.2) is 32.6 Å². The molecule has 0 aliphatic carbocycles. The number of nitrogens with zero attached hydrogens (tertiary/aromatic N) is 4. The van der Waals surface area contributed by atoms with E-state index in [4.69, 9.17) is 5.73 Å². The topological polar surface area (TPSA) is 77.0 Å². The molecular weight excluding hydrogens is 286 g/mol. The smallest absolute Gasteiger partial charge is 0.276 e. The molecule has 0 radical (unpaired) electrons. The lowest BCUT2D eigenvalue weighted by atomic mass is 10.3. The fraction of sp³-hybridized carbons (Fsp3) is 0.214. The fourth-order valence-electron chi connectivity index (χ4n) is 2.12. The summed E-state index contributed by atoms with van der Waals surface area (Å²) in [5.41, 5.74) is 7.41. The van der Waals surface area contributed by atoms with E-state index >= 15 is 0 Å². The maximum Gasteiger partial charge on any atom is 0.276 e. The summed E-state index contributed by atoms with van der Waals surface area (Å²) in [6.45, 7) is 0.439. The Morgan fingerprint density at radius 2 is 2.19 bits per heavy atom. The van der Waals surface area contributed by atoms with Gasteiger partial charge in [-0.25, -0.2) is 4.98 Å². The van der Waals surface area contributed by atoms with E-state index in [9.17, 15) is 4.79 Å². The number of amides is 1. The van der Waals surface area contributed by atoms with Crippen LogP contribution in [0.15, 0.2) is 30.5 Å². The van der Waals surface area contributed by atoms with Crippen LogP contribution in [0.25, 0.3) is 10.2 Å². The van der Waals surface area contributed by atoms with Crippen molar-refractivity contribution in [3.63, 3.8) is 0 Å². The lowest BCUT2D eigenvalue weighted by Crippen LogP contribution is -2.27. The van der Waals surface area contributed by atoms with Crippen molar-refractivity contribution in [1.82, 2.24) is 19.7 Å². The molecule has 7 heteroatoms. The van der Waals surface area contributed by atoms with Crippen molar-refractivity contribution >= 4 is 33.1 Å². The molecule has 0 aliphatic heterocycles. The van der Waals surface area contributed by atoms with Crippen LogP contribution in [0.4, 0.5) is 5.69 Å². The molecule has 0 saturated heterocycles. The van der Waals surface area contributed by atoms with Crippen LogP contribution < -0.4 is 5.73 Å². The number of fused-ring (bicyclic) bond motifs is 1. The Hall–Kier alpha value is -2.41. The number of carbonyl (C=O) groups is 1. The maximum atomic E-state index is 12.3. The highest BCUT2D eigenvalue weighted by molar-refractivity contribution is 7.18. The first kappa shape index (κ1) is 13.6. The minimum atomic E-state index is -0.202. The second-order valence-electron chi connectivity index (χ2n) is 4.84. The third-order valence-corrected chi connectivity index (χ3v) is 4.14. The molecule has 0 atom stereocenters. The molecule has 2 heterocycles. The third kappa shape index (κ3) is 2.59. The number of carbonyl (C=O) groups excluding carboxylic acids is 1. The molecule has 0 spiro atoms. The largest absolute Gasteiger partial charge is 0.396 e. The number of anilines is 1. The second kappa shape index (κ2) is 5.17. The Bertz CT molecular complexity index is 774. The lowest BCUT2D eigenvalue weighted by molar-refractivity contribution is 0.0779. The lowest BCUT2D eigenvalue weighted by Gasteiger charge is -2.14. The normalized spacial score (nSPS) is 11.0. The summed E-state index contributed by atoms with van der Waals surface area (Å²) in [6.07, 6.45) is 1.62. The number of benzene rings is 1. The first-order valence-corrected chi connectivity index (χ1v) is 7.25. The second-order valence-corrected chi connectivity index (χ2v) is 5.96. The van der Waals surface area contributed by atoms with Crippen LogP contribution in [0.5, 0.6) is 0 Å². The van der Waals surface area contributed by atoms with Gasteiger partial charge in [-0.05, 0) is 12.1 Å². The van der Waals surface area contributed by atoms with Crippen LogP contribution in [0, 0.1) is 0 Å². The first-order valence-electron chi connectivity index (χ1n) is 6.43. The molecule has 1 aromatic carbocycles. The van der Waals surface area contributed by atoms with Crippen molar-refractivity contribution in [3.05, 3.63) is 41.2 Å². The average molecular weight is 301 g/mol. The minimum Gasteiger partial charge on any atom is -0.396 e. The molecule has 108 valence electrons. The van der Waals surface area contributed by atoms with Gasteiger partial charge in [0.25, 0.3) is 5.91 Å². The molecule has 3 aromatic rings. The predicted molar refractivity (Wildman–Crippen MR) is 83.0 cm³/mol. The summed E-state index contributed by atoms with van der Waals surface area (Å²) in [5.74, 6) is -0.202. The van der Waals surface area contributed by atoms with Crippen molar-refractivity contribution in [1.29, 1.82) is 0 Å². The van der Waals surface area contributed by atoms with Crippen LogP contribution in [0.3, 0.4) is 0 Å². The number of aryl methyl sites for hydroxylation is 1. The van der Waals surface area contributed by atoms with E-state index in [-0.39, 0.29) is 11.6 Å². The number of thiazole rings is 1. The summed E-state index contributed by atoms with van der Waals surface area (Å²) in [4.78, 5) is 18.4. The average Bonchev–Trinajstić information content (AvgIpc) is 3.00. The van der Waals surface area contributed by atoms with Gasteiger partial charge in [0.2, 0.25) is 0 Å². The number of nitrogen functional groups attached to an aromatic ring is 1. The van der Waals surface area contributed by atoms with Crippen molar-refractivity contribution < 1.29 is 4.79 Å². The number of rotatable bonds is 3. The van der Waals surface area contributed by atoms with Crippen molar-refractivity contribution in [2.24, 2.45) is 7.05 Å². The summed E-state index contributed by atoms with van der Waals surface area (Å²) in [5, 5.41) is 4.99. The molecule has 2 aromatic heterocycles. The zero-order valence-electron chi connectivity index (χ0n) is 11.8. The van der Waals surface area contributed by atoms with E-state index in [2.05, 4.69) is 10.1 Å². The first-order chi connectivity index (χ1) is 10.0. The van der Waals surface area contributed by atoms with E-state index < -0.39 is 0 Å². The summed E-state index contributed by atoms with van der Waals surface area (Å²) in [6, 6.07) is 7.92. The molecule has 0 bridgehead atoms. The zero-order valence-corrected chi connectivity index (χ0v) is 12.6. The maximum absolute atomic E-state index is 12.3. The Morgan fingerprint density at radius 3 is 2.86 bits per heavy atom. The number of nitrogens with two attached hydrogens (primary N) is 1. The van der Waals surface area contributed by atoms with Gasteiger partial charge in [0, 0.05) is 20.3 Å². The molecule has 3 rings (SSSR count). The van der Waals surface area contributed by atoms with E-state index in [0.717, 1.165) is 15.2 Å². The third-order valence-electron chi connectivity index (χ3n) is 3.12. The van der Waals surface area contributed by atoms with Gasteiger partial charge in [-0.15, -0.1) is 11.3 Å². The summed E-state index contributed by atoms with van der Waals surface area (Å²) >= 11 is 1.59. The van der Waals surface area contributed by atoms with Crippen LogP contribution >= 0.6 is 11.3 Å². The molecule has 1 amide bonds. The van der Waals surface area contributed by atoms with Gasteiger partial charge < -0.3 is 10.6 Å². The van der Waals surface area contributed by atoms with Crippen molar-refractivity contribution in [2.75, 3.05) is 12.8 Å². The van der Waals surface area contributed by atoms with Crippen LogP contribution in [-0.2, 0) is 13.6 Å². The molecule has 21 heavy (non-hydrogen) atoms. The molecule has 2 N–H and O–H groups in total. The van der Waals surface area contributed by atoms with Crippen LogP contribution in [0.2, 0.25) is 0 Å². The van der Waals surface area contributed by atoms with Gasteiger partial charge in [0.15, 0.2) is 5.69 Å². The molecule has 6 nitrogen and oxygen atoms in total. The standard InChI is InChI=1S/C14H15N5OS/c1-18(14(20)13-9(15)7-19(2)17-13)8-12-16-10-5-3-4-6-11(10)21-12/h3-7H,8,15H2,1-2H3. The summed E-state index contributed by atoms with van der Waals surface area (Å²) < 4.78 is 2.65. The molecule has 0 aliphatic rings. The highest BCUT2D eigenvalue weighted by Crippen LogP contribution is 2.23. The SMILES string of the molecule is CN(Cc1nc2ccccc2s1)C(=O)c1nn(C)cc1N. The molecule has 0 fully saturated rings. The van der Waals surface area contributed by atoms with Crippen molar-refractivity contribution in [3.8, 4) is 0 Å². The van der Waals surface area contributed by atoms with Gasteiger partial charge in [-0.1, -0.05) is 12.1 Å². The monoisotopic (exact) mass is 301 g/mol. The van der Waals surface area contributed by atoms with Gasteiger partial charge in [-0.3, -0.25) is 9.48 Å². The quantitative estimate of drug-likeness (QED) is 0.801. The molecule has 0 saturated carbocycles. The number of aromatic nitrogens is 3. The van der Waals surface area contributed by atoms with Gasteiger partial charge in [-0.2, -0.15) is 5.10 Å². The Morgan fingerprint density at radius 1 is 1.43 bits per heavy atom. The van der Waals surface area contributed by atoms with E-state index in [1.165, 1.54) is 4.68 Å². The Kier molecular flexibility index (Phi) is 3.34. The summed E-state index contributed by atoms with van der Waals surface area (Å²) in [7, 11) is 3.46. The molecule has 0 unspecified atom stereocenters. The Labute approximate surface area is 125 Å². The highest BCUT2D eigenvalue weighted by Gasteiger charge is 2.19. The van der Waals surface area contributed by atoms with Crippen LogP contribution in [0.1, 0.15) is 15.5 Å². The van der Waals surface area contributed by atoms with E-state index in [1.54, 1.807) is 36.5 Å². The number of para-hydroxylation sites is 1. The zero-order chi connectivity index (χ0) is 15.0. The van der Waals surface area contributed by atoms with E-state index in [1.807, 2.05) is 24.3 Å². The predicted octanol–water partition coefficient (Wildman–Crippen LogP) is 1.88. The molecular formula is C14H15N5OS. The fourth-order valence-corrected chi connectivity index (χ4v) is 3.14. The Balaban J connectivity index is 1.80. The van der Waals surface area contributed by atoms with Crippen molar-refractivity contribution in [2.45, 2.75) is 6.54 Å². The minimum absolute atomic E-state index is 0.202. The number of hydrogen-bond acceptors (Lipinski definition) is 5. The highest BCUT2D eigenvalue weighted by atomic mass is 32.1. The van der Waals surface area contributed by atoms with E-state index in [0.29, 0.717) is 12.2 Å². The van der Waals surface area contributed by atoms with Gasteiger partial charge >= 0.3 is 0 Å². The number of hydrogen-bond donors (Lipinski definition) is 1. The van der Waals surface area contributed by atoms with Gasteiger partial charge in [0.05, 0.1) is 22.4 Å².